The quantitative estimate of drug-likeness (QED) is 0.870. The molecule has 112 valence electrons. The average Bonchev–Trinajstić information content (AvgIpc) is 2.47. The van der Waals surface area contributed by atoms with Crippen LogP contribution in [0.2, 0.25) is 5.02 Å². The summed E-state index contributed by atoms with van der Waals surface area (Å²) < 4.78 is 0. The highest BCUT2D eigenvalue weighted by molar-refractivity contribution is 8.00. The summed E-state index contributed by atoms with van der Waals surface area (Å²) in [6.45, 7) is 9.76. The third kappa shape index (κ3) is 3.84. The van der Waals surface area contributed by atoms with E-state index in [9.17, 15) is 0 Å². The van der Waals surface area contributed by atoms with Crippen molar-refractivity contribution in [3.63, 3.8) is 0 Å². The van der Waals surface area contributed by atoms with Gasteiger partial charge in [0.05, 0.1) is 10.7 Å². The van der Waals surface area contributed by atoms with Crippen LogP contribution in [0, 0.1) is 0 Å². The second-order valence-corrected chi connectivity index (χ2v) is 7.15. The van der Waals surface area contributed by atoms with Gasteiger partial charge in [0.15, 0.2) is 0 Å². The molecule has 0 saturated carbocycles. The Morgan fingerprint density at radius 1 is 1.45 bits per heavy atom. The number of hydrogen-bond donors (Lipinski definition) is 1. The van der Waals surface area contributed by atoms with Gasteiger partial charge in [-0.3, -0.25) is 0 Å². The van der Waals surface area contributed by atoms with Gasteiger partial charge in [0.2, 0.25) is 0 Å². The number of benzene rings is 1. The first kappa shape index (κ1) is 16.0. The molecule has 1 N–H and O–H groups in total. The van der Waals surface area contributed by atoms with Crippen LogP contribution in [-0.2, 0) is 0 Å². The fraction of sp³-hybridized carbons (Fsp3) is 0.625. The van der Waals surface area contributed by atoms with Gasteiger partial charge in [-0.1, -0.05) is 31.5 Å². The summed E-state index contributed by atoms with van der Waals surface area (Å²) in [5.74, 6) is 1.20. The van der Waals surface area contributed by atoms with E-state index in [0.29, 0.717) is 6.04 Å². The van der Waals surface area contributed by atoms with E-state index < -0.39 is 0 Å². The third-order valence-corrected chi connectivity index (χ3v) is 5.59. The minimum atomic E-state index is 0.354. The lowest BCUT2D eigenvalue weighted by molar-refractivity contribution is 0.598. The van der Waals surface area contributed by atoms with Crippen molar-refractivity contribution in [1.29, 1.82) is 0 Å². The maximum absolute atomic E-state index is 6.52. The van der Waals surface area contributed by atoms with E-state index in [1.54, 1.807) is 0 Å². The Hall–Kier alpha value is -0.380. The number of halogens is 1. The predicted octanol–water partition coefficient (Wildman–Crippen LogP) is 4.34. The normalized spacial score (nSPS) is 21.0. The van der Waals surface area contributed by atoms with Crippen LogP contribution in [0.25, 0.3) is 0 Å². The van der Waals surface area contributed by atoms with E-state index in [1.807, 2.05) is 0 Å². The van der Waals surface area contributed by atoms with Crippen LogP contribution >= 0.6 is 23.4 Å². The molecule has 2 nitrogen and oxygen atoms in total. The first-order valence-corrected chi connectivity index (χ1v) is 8.97. The number of nitrogens with one attached hydrogen (secondary N) is 1. The van der Waals surface area contributed by atoms with Gasteiger partial charge < -0.3 is 10.2 Å². The Kier molecular flexibility index (Phi) is 6.06. The van der Waals surface area contributed by atoms with Crippen molar-refractivity contribution in [2.24, 2.45) is 0 Å². The lowest BCUT2D eigenvalue weighted by Gasteiger charge is -2.34. The molecular formula is C16H25ClN2S. The molecule has 2 atom stereocenters. The van der Waals surface area contributed by atoms with Gasteiger partial charge in [-0.25, -0.2) is 0 Å². The van der Waals surface area contributed by atoms with E-state index >= 15 is 0 Å². The van der Waals surface area contributed by atoms with Crippen molar-refractivity contribution in [2.45, 2.75) is 38.5 Å². The summed E-state index contributed by atoms with van der Waals surface area (Å²) in [5, 5.41) is 5.05. The maximum Gasteiger partial charge on any atom is 0.0642 e. The Labute approximate surface area is 132 Å². The zero-order valence-electron chi connectivity index (χ0n) is 12.7. The van der Waals surface area contributed by atoms with Crippen LogP contribution in [-0.4, -0.2) is 30.6 Å². The zero-order chi connectivity index (χ0) is 14.5. The largest absolute Gasteiger partial charge is 0.368 e. The Bertz CT molecular complexity index is 438. The number of nitrogens with zero attached hydrogens (tertiary/aromatic N) is 1. The molecule has 2 unspecified atom stereocenters. The average molecular weight is 313 g/mol. The van der Waals surface area contributed by atoms with E-state index in [0.717, 1.165) is 29.9 Å². The van der Waals surface area contributed by atoms with Gasteiger partial charge in [0.25, 0.3) is 0 Å². The SMILES string of the molecule is CCNC(C)c1ccc(N2CCSC(CC)C2)c(Cl)c1. The first-order chi connectivity index (χ1) is 9.65. The molecular weight excluding hydrogens is 288 g/mol. The molecule has 1 fully saturated rings. The molecule has 4 heteroatoms. The second kappa shape index (κ2) is 7.58. The van der Waals surface area contributed by atoms with Gasteiger partial charge in [0, 0.05) is 30.1 Å². The molecule has 0 radical (unpaired) electrons. The summed E-state index contributed by atoms with van der Waals surface area (Å²) in [6.07, 6.45) is 1.23. The highest BCUT2D eigenvalue weighted by Crippen LogP contribution is 2.32. The molecule has 2 rings (SSSR count). The Morgan fingerprint density at radius 2 is 2.25 bits per heavy atom. The molecule has 0 aromatic heterocycles. The molecule has 1 aliphatic rings. The summed E-state index contributed by atoms with van der Waals surface area (Å²) in [4.78, 5) is 2.44. The van der Waals surface area contributed by atoms with Gasteiger partial charge in [-0.2, -0.15) is 11.8 Å². The van der Waals surface area contributed by atoms with Crippen LogP contribution in [0.15, 0.2) is 18.2 Å². The van der Waals surface area contributed by atoms with E-state index in [-0.39, 0.29) is 0 Å². The third-order valence-electron chi connectivity index (χ3n) is 3.92. The van der Waals surface area contributed by atoms with Crippen molar-refractivity contribution in [2.75, 3.05) is 30.3 Å². The van der Waals surface area contributed by atoms with Crippen LogP contribution in [0.1, 0.15) is 38.8 Å². The lowest BCUT2D eigenvalue weighted by atomic mass is 10.1. The first-order valence-electron chi connectivity index (χ1n) is 7.55. The molecule has 1 aromatic carbocycles. The fourth-order valence-corrected chi connectivity index (χ4v) is 4.15. The lowest BCUT2D eigenvalue weighted by Crippen LogP contribution is -2.37. The van der Waals surface area contributed by atoms with Crippen molar-refractivity contribution in [3.05, 3.63) is 28.8 Å². The van der Waals surface area contributed by atoms with Crippen molar-refractivity contribution >= 4 is 29.1 Å². The van der Waals surface area contributed by atoms with Crippen molar-refractivity contribution < 1.29 is 0 Å². The van der Waals surface area contributed by atoms with Crippen molar-refractivity contribution in [1.82, 2.24) is 5.32 Å². The van der Waals surface area contributed by atoms with Crippen LogP contribution < -0.4 is 10.2 Å². The molecule has 0 amide bonds. The van der Waals surface area contributed by atoms with E-state index in [1.165, 1.54) is 23.4 Å². The van der Waals surface area contributed by atoms with Crippen LogP contribution in [0.3, 0.4) is 0 Å². The van der Waals surface area contributed by atoms with E-state index in [2.05, 4.69) is 60.9 Å². The summed E-state index contributed by atoms with van der Waals surface area (Å²) >= 11 is 8.61. The highest BCUT2D eigenvalue weighted by Gasteiger charge is 2.21. The van der Waals surface area contributed by atoms with Crippen molar-refractivity contribution in [3.8, 4) is 0 Å². The molecule has 1 saturated heterocycles. The molecule has 0 aliphatic carbocycles. The standard InChI is InChI=1S/C16H25ClN2S/c1-4-14-11-19(8-9-20-14)16-7-6-13(10-15(16)17)12(3)18-5-2/h6-7,10,12,14,18H,4-5,8-9,11H2,1-3H3. The summed E-state index contributed by atoms with van der Waals surface area (Å²) in [7, 11) is 0. The number of anilines is 1. The molecule has 1 aromatic rings. The molecule has 0 bridgehead atoms. The van der Waals surface area contributed by atoms with E-state index in [4.69, 9.17) is 11.6 Å². The summed E-state index contributed by atoms with van der Waals surface area (Å²) in [6, 6.07) is 6.87. The van der Waals surface area contributed by atoms with Crippen LogP contribution in [0.4, 0.5) is 5.69 Å². The summed E-state index contributed by atoms with van der Waals surface area (Å²) in [5.41, 5.74) is 2.46. The molecule has 20 heavy (non-hydrogen) atoms. The highest BCUT2D eigenvalue weighted by atomic mass is 35.5. The topological polar surface area (TPSA) is 15.3 Å². The number of thioether (sulfide) groups is 1. The van der Waals surface area contributed by atoms with Gasteiger partial charge in [0.1, 0.15) is 0 Å². The number of hydrogen-bond acceptors (Lipinski definition) is 3. The maximum atomic E-state index is 6.52. The zero-order valence-corrected chi connectivity index (χ0v) is 14.2. The van der Waals surface area contributed by atoms with Gasteiger partial charge in [-0.15, -0.1) is 0 Å². The number of rotatable bonds is 5. The van der Waals surface area contributed by atoms with Gasteiger partial charge >= 0.3 is 0 Å². The minimum absolute atomic E-state index is 0.354. The monoisotopic (exact) mass is 312 g/mol. The smallest absolute Gasteiger partial charge is 0.0642 e. The predicted molar refractivity (Wildman–Crippen MR) is 92.3 cm³/mol. The van der Waals surface area contributed by atoms with Crippen LogP contribution in [0.5, 0.6) is 0 Å². The fourth-order valence-electron chi connectivity index (χ4n) is 2.66. The Balaban J connectivity index is 2.13. The molecule has 1 heterocycles. The minimum Gasteiger partial charge on any atom is -0.368 e. The molecule has 0 spiro atoms. The Morgan fingerprint density at radius 3 is 2.90 bits per heavy atom. The molecule has 1 aliphatic heterocycles. The van der Waals surface area contributed by atoms with Gasteiger partial charge in [-0.05, 0) is 37.6 Å². The second-order valence-electron chi connectivity index (χ2n) is 5.34.